The van der Waals surface area contributed by atoms with E-state index in [1.807, 2.05) is 49.4 Å². The van der Waals surface area contributed by atoms with E-state index >= 15 is 0 Å². The monoisotopic (exact) mass is 586 g/mol. The normalized spacial score (nSPS) is 18.7. The number of hydrogen-bond donors (Lipinski definition) is 0. The van der Waals surface area contributed by atoms with Gasteiger partial charge < -0.3 is 4.90 Å². The second-order valence-electron chi connectivity index (χ2n) is 10.7. The van der Waals surface area contributed by atoms with Gasteiger partial charge in [0.15, 0.2) is 4.32 Å². The molecule has 2 saturated heterocycles. The second kappa shape index (κ2) is 10.5. The van der Waals surface area contributed by atoms with Gasteiger partial charge in [0.05, 0.1) is 21.8 Å². The quantitative estimate of drug-likeness (QED) is 0.258. The molecule has 210 valence electrons. The van der Waals surface area contributed by atoms with Crippen molar-refractivity contribution in [2.45, 2.75) is 33.6 Å². The molecule has 1 amide bonds. The molecule has 0 aliphatic carbocycles. The summed E-state index contributed by atoms with van der Waals surface area (Å²) in [5, 5.41) is 0. The lowest BCUT2D eigenvalue weighted by Crippen LogP contribution is -2.37. The van der Waals surface area contributed by atoms with Crippen LogP contribution in [0.2, 0.25) is 0 Å². The molecular weight excluding hydrogens is 557 g/mol. The van der Waals surface area contributed by atoms with Crippen molar-refractivity contribution in [2.75, 3.05) is 22.9 Å². The summed E-state index contributed by atoms with van der Waals surface area (Å²) < 4.78 is 5.00. The van der Waals surface area contributed by atoms with E-state index in [0.717, 1.165) is 43.3 Å². The highest BCUT2D eigenvalue weighted by atomic mass is 32.2. The minimum Gasteiger partial charge on any atom is -0.356 e. The molecule has 6 rings (SSSR count). The molecule has 0 radical (unpaired) electrons. The van der Waals surface area contributed by atoms with Crippen LogP contribution in [-0.4, -0.2) is 42.1 Å². The maximum Gasteiger partial charge on any atom is 0.296 e. The van der Waals surface area contributed by atoms with Crippen molar-refractivity contribution < 1.29 is 4.79 Å². The third kappa shape index (κ3) is 4.62. The minimum absolute atomic E-state index is 0.205. The number of aryl methyl sites for hydroxylation is 1. The van der Waals surface area contributed by atoms with Crippen LogP contribution in [0.1, 0.15) is 36.6 Å². The van der Waals surface area contributed by atoms with Crippen LogP contribution in [0.15, 0.2) is 63.2 Å². The number of thioether (sulfide) groups is 1. The average Bonchev–Trinajstić information content (AvgIpc) is 3.35. The van der Waals surface area contributed by atoms with Gasteiger partial charge in [-0.05, 0) is 62.4 Å². The molecule has 9 nitrogen and oxygen atoms in total. The van der Waals surface area contributed by atoms with Crippen molar-refractivity contribution in [1.29, 1.82) is 0 Å². The van der Waals surface area contributed by atoms with Crippen LogP contribution in [0.5, 0.6) is 0 Å². The van der Waals surface area contributed by atoms with Gasteiger partial charge in [-0.25, -0.2) is 9.67 Å². The first-order valence-corrected chi connectivity index (χ1v) is 14.8. The topological polar surface area (TPSA) is 84.8 Å². The summed E-state index contributed by atoms with van der Waals surface area (Å²) in [6, 6.07) is 13.0. The number of thiocarbonyl (C=S) groups is 1. The Hall–Kier alpha value is -3.96. The number of carbonyl (C=O) groups is 1. The molecular formula is C30H30N6O3S2. The van der Waals surface area contributed by atoms with E-state index in [1.165, 1.54) is 14.0 Å². The molecule has 2 aliphatic rings. The number of rotatable bonds is 4. The number of benzene rings is 1. The summed E-state index contributed by atoms with van der Waals surface area (Å²) in [5.74, 6) is 0.594. The smallest absolute Gasteiger partial charge is 0.296 e. The van der Waals surface area contributed by atoms with Gasteiger partial charge in [-0.2, -0.15) is 0 Å². The summed E-state index contributed by atoms with van der Waals surface area (Å²) in [4.78, 5) is 50.1. The maximum atomic E-state index is 13.9. The molecule has 0 spiro atoms. The standard InChI is InChI=1S/C30H30N6O3S2/c1-18-9-8-14-33(16-18)26-22(27(37)34-17-19(2)12-13-24(34)31-26)15-23-28(38)35(30(40)41-23)25-20(3)32(4)36(29(25)39)21-10-6-5-7-11-21/h5-7,10-13,15,17-18H,8-9,14,16H2,1-4H3. The molecule has 4 aromatic rings. The largest absolute Gasteiger partial charge is 0.356 e. The zero-order valence-electron chi connectivity index (χ0n) is 23.3. The molecule has 0 bridgehead atoms. The first-order chi connectivity index (χ1) is 19.7. The van der Waals surface area contributed by atoms with E-state index in [1.54, 1.807) is 30.9 Å². The lowest BCUT2D eigenvalue weighted by molar-refractivity contribution is -0.113. The maximum absolute atomic E-state index is 13.9. The molecule has 1 atom stereocenters. The fourth-order valence-electron chi connectivity index (χ4n) is 5.60. The van der Waals surface area contributed by atoms with Gasteiger partial charge >= 0.3 is 0 Å². The first kappa shape index (κ1) is 27.2. The van der Waals surface area contributed by atoms with E-state index in [0.29, 0.717) is 34.3 Å². The lowest BCUT2D eigenvalue weighted by atomic mass is 10.00. The van der Waals surface area contributed by atoms with Crippen molar-refractivity contribution >= 4 is 57.4 Å². The Morgan fingerprint density at radius 3 is 2.54 bits per heavy atom. The minimum atomic E-state index is -0.433. The van der Waals surface area contributed by atoms with Crippen LogP contribution < -0.4 is 20.9 Å². The number of nitrogens with zero attached hydrogens (tertiary/aromatic N) is 6. The van der Waals surface area contributed by atoms with Gasteiger partial charge in [-0.15, -0.1) is 0 Å². The highest BCUT2D eigenvalue weighted by Crippen LogP contribution is 2.37. The van der Waals surface area contributed by atoms with E-state index in [9.17, 15) is 14.4 Å². The van der Waals surface area contributed by atoms with Crippen LogP contribution in [0, 0.1) is 19.8 Å². The number of carbonyl (C=O) groups excluding carboxylic acids is 1. The highest BCUT2D eigenvalue weighted by molar-refractivity contribution is 8.27. The Morgan fingerprint density at radius 1 is 1.05 bits per heavy atom. The Bertz CT molecular complexity index is 1870. The predicted octanol–water partition coefficient (Wildman–Crippen LogP) is 4.44. The Balaban J connectivity index is 1.48. The molecule has 11 heteroatoms. The number of para-hydroxylation sites is 1. The van der Waals surface area contributed by atoms with Crippen LogP contribution in [0.4, 0.5) is 11.5 Å². The third-order valence-electron chi connectivity index (χ3n) is 7.76. The SMILES string of the molecule is Cc1ccc2nc(N3CCCC(C)C3)c(C=C3SC(=S)N(c4c(C)n(C)n(-c5ccccc5)c4=O)C3=O)c(=O)n2c1. The van der Waals surface area contributed by atoms with Gasteiger partial charge in [-0.3, -0.25) is 28.4 Å². The number of amides is 1. The second-order valence-corrected chi connectivity index (χ2v) is 12.4. The fourth-order valence-corrected chi connectivity index (χ4v) is 6.85. The Labute approximate surface area is 246 Å². The summed E-state index contributed by atoms with van der Waals surface area (Å²) in [6.07, 6.45) is 5.48. The van der Waals surface area contributed by atoms with Gasteiger partial charge in [0.1, 0.15) is 17.2 Å². The Morgan fingerprint density at radius 2 is 1.80 bits per heavy atom. The van der Waals surface area contributed by atoms with Gasteiger partial charge in [0, 0.05) is 26.3 Å². The van der Waals surface area contributed by atoms with Crippen LogP contribution in [-0.2, 0) is 11.8 Å². The van der Waals surface area contributed by atoms with Crippen molar-refractivity contribution in [3.8, 4) is 5.69 Å². The summed E-state index contributed by atoms with van der Waals surface area (Å²) in [6.45, 7) is 7.46. The molecule has 0 N–H and O–H groups in total. The number of pyridine rings is 1. The summed E-state index contributed by atoms with van der Waals surface area (Å²) in [5.41, 5.74) is 2.71. The molecule has 5 heterocycles. The first-order valence-electron chi connectivity index (χ1n) is 13.6. The number of fused-ring (bicyclic) bond motifs is 1. The molecule has 1 aromatic carbocycles. The molecule has 2 aliphatic heterocycles. The zero-order valence-corrected chi connectivity index (χ0v) is 25.0. The zero-order chi connectivity index (χ0) is 29.0. The van der Waals surface area contributed by atoms with Gasteiger partial charge in [-0.1, -0.05) is 55.2 Å². The highest BCUT2D eigenvalue weighted by Gasteiger charge is 2.38. The van der Waals surface area contributed by atoms with Crippen LogP contribution in [0.25, 0.3) is 17.4 Å². The summed E-state index contributed by atoms with van der Waals surface area (Å²) in [7, 11) is 1.77. The molecule has 0 saturated carbocycles. The third-order valence-corrected chi connectivity index (χ3v) is 9.06. The van der Waals surface area contributed by atoms with Crippen molar-refractivity contribution in [1.82, 2.24) is 18.7 Å². The fraction of sp³-hybridized carbons (Fsp3) is 0.300. The van der Waals surface area contributed by atoms with E-state index in [2.05, 4.69) is 11.8 Å². The van der Waals surface area contributed by atoms with Crippen LogP contribution in [0.3, 0.4) is 0 Å². The average molecular weight is 587 g/mol. The van der Waals surface area contributed by atoms with Gasteiger partial charge in [0.25, 0.3) is 17.0 Å². The van der Waals surface area contributed by atoms with Crippen molar-refractivity contribution in [3.63, 3.8) is 0 Å². The van der Waals surface area contributed by atoms with E-state index in [4.69, 9.17) is 17.2 Å². The lowest BCUT2D eigenvalue weighted by Gasteiger charge is -2.32. The number of aromatic nitrogens is 4. The van der Waals surface area contributed by atoms with Crippen molar-refractivity contribution in [2.24, 2.45) is 13.0 Å². The molecule has 1 unspecified atom stereocenters. The van der Waals surface area contributed by atoms with E-state index < -0.39 is 5.91 Å². The predicted molar refractivity (Wildman–Crippen MR) is 168 cm³/mol. The molecule has 3 aromatic heterocycles. The van der Waals surface area contributed by atoms with Crippen LogP contribution >= 0.6 is 24.0 Å². The molecule has 2 fully saturated rings. The number of hydrogen-bond acceptors (Lipinski definition) is 7. The van der Waals surface area contributed by atoms with Gasteiger partial charge in [0.2, 0.25) is 0 Å². The summed E-state index contributed by atoms with van der Waals surface area (Å²) >= 11 is 6.73. The van der Waals surface area contributed by atoms with Crippen molar-refractivity contribution in [3.05, 3.63) is 91.1 Å². The van der Waals surface area contributed by atoms with E-state index in [-0.39, 0.29) is 26.0 Å². The number of piperidine rings is 1. The number of anilines is 2. The Kier molecular flexibility index (Phi) is 6.95. The molecule has 41 heavy (non-hydrogen) atoms.